The number of ketones is 1. The molecule has 0 saturated heterocycles. The second kappa shape index (κ2) is 6.64. The summed E-state index contributed by atoms with van der Waals surface area (Å²) in [6.07, 6.45) is 4.17. The number of carbonyl (C=O) groups excluding carboxylic acids is 1. The predicted octanol–water partition coefficient (Wildman–Crippen LogP) is 4.21. The van der Waals surface area contributed by atoms with Crippen molar-refractivity contribution < 1.29 is 13.9 Å². The highest BCUT2D eigenvalue weighted by molar-refractivity contribution is 6.09. The summed E-state index contributed by atoms with van der Waals surface area (Å²) in [6, 6.07) is 17.4. The van der Waals surface area contributed by atoms with E-state index < -0.39 is 5.78 Å². The Kier molecular flexibility index (Phi) is 4.03. The van der Waals surface area contributed by atoms with Gasteiger partial charge in [0.25, 0.3) is 0 Å². The number of para-hydroxylation sites is 1. The standard InChI is InChI=1S/C21H13NO4/c23-20(14-5-4-10-22-12-14)18-13-25-19-11-16(8-9-17(19)21(18)24)26-15-6-2-1-3-7-15/h1-13H. The molecule has 0 unspecified atom stereocenters. The smallest absolute Gasteiger partial charge is 0.203 e. The molecule has 2 aromatic carbocycles. The molecule has 0 aliphatic carbocycles. The maximum Gasteiger partial charge on any atom is 0.203 e. The molecule has 0 spiro atoms. The van der Waals surface area contributed by atoms with E-state index in [-0.39, 0.29) is 11.0 Å². The second-order valence-corrected chi connectivity index (χ2v) is 5.62. The van der Waals surface area contributed by atoms with E-state index in [0.29, 0.717) is 28.0 Å². The zero-order chi connectivity index (χ0) is 17.9. The molecule has 0 bridgehead atoms. The summed E-state index contributed by atoms with van der Waals surface area (Å²) in [7, 11) is 0. The van der Waals surface area contributed by atoms with Gasteiger partial charge < -0.3 is 9.15 Å². The number of pyridine rings is 1. The average molecular weight is 343 g/mol. The van der Waals surface area contributed by atoms with Crippen molar-refractivity contribution in [1.29, 1.82) is 0 Å². The van der Waals surface area contributed by atoms with Gasteiger partial charge in [0.15, 0.2) is 0 Å². The first-order valence-corrected chi connectivity index (χ1v) is 7.95. The van der Waals surface area contributed by atoms with Crippen LogP contribution in [-0.4, -0.2) is 10.8 Å². The van der Waals surface area contributed by atoms with Gasteiger partial charge in [0.05, 0.1) is 5.39 Å². The fourth-order valence-electron chi connectivity index (χ4n) is 2.61. The van der Waals surface area contributed by atoms with Gasteiger partial charge in [-0.25, -0.2) is 0 Å². The van der Waals surface area contributed by atoms with Crippen LogP contribution >= 0.6 is 0 Å². The monoisotopic (exact) mass is 343 g/mol. The summed E-state index contributed by atoms with van der Waals surface area (Å²) in [5.41, 5.74) is 0.281. The van der Waals surface area contributed by atoms with Crippen molar-refractivity contribution in [2.45, 2.75) is 0 Å². The van der Waals surface area contributed by atoms with Crippen LogP contribution in [-0.2, 0) is 0 Å². The Labute approximate surface area is 148 Å². The molecule has 26 heavy (non-hydrogen) atoms. The molecule has 0 radical (unpaired) electrons. The molecule has 0 N–H and O–H groups in total. The predicted molar refractivity (Wildman–Crippen MR) is 96.7 cm³/mol. The number of aromatic nitrogens is 1. The average Bonchev–Trinajstić information content (AvgIpc) is 2.69. The molecular weight excluding hydrogens is 330 g/mol. The van der Waals surface area contributed by atoms with Gasteiger partial charge in [0.1, 0.15) is 28.9 Å². The van der Waals surface area contributed by atoms with Gasteiger partial charge in [-0.2, -0.15) is 0 Å². The third-order valence-corrected chi connectivity index (χ3v) is 3.89. The summed E-state index contributed by atoms with van der Waals surface area (Å²) in [5.74, 6) is 0.800. The molecule has 4 rings (SSSR count). The first kappa shape index (κ1) is 15.8. The minimum absolute atomic E-state index is 0.0257. The topological polar surface area (TPSA) is 69.4 Å². The van der Waals surface area contributed by atoms with Crippen LogP contribution in [0.25, 0.3) is 11.0 Å². The Morgan fingerprint density at radius 1 is 0.962 bits per heavy atom. The van der Waals surface area contributed by atoms with Crippen LogP contribution in [0.1, 0.15) is 15.9 Å². The maximum absolute atomic E-state index is 12.7. The lowest BCUT2D eigenvalue weighted by atomic mass is 10.1. The maximum atomic E-state index is 12.7. The molecule has 0 atom stereocenters. The third-order valence-electron chi connectivity index (χ3n) is 3.89. The molecule has 5 heteroatoms. The van der Waals surface area contributed by atoms with Crippen molar-refractivity contribution >= 4 is 16.8 Å². The molecule has 0 saturated carbocycles. The van der Waals surface area contributed by atoms with Gasteiger partial charge >= 0.3 is 0 Å². The first-order chi connectivity index (χ1) is 12.7. The van der Waals surface area contributed by atoms with Gasteiger partial charge in [-0.05, 0) is 36.4 Å². The van der Waals surface area contributed by atoms with Crippen LogP contribution in [0.3, 0.4) is 0 Å². The highest BCUT2D eigenvalue weighted by atomic mass is 16.5. The Bertz CT molecular complexity index is 1130. The number of ether oxygens (including phenoxy) is 1. The minimum Gasteiger partial charge on any atom is -0.463 e. The van der Waals surface area contributed by atoms with Crippen LogP contribution in [0.4, 0.5) is 0 Å². The van der Waals surface area contributed by atoms with Crippen molar-refractivity contribution in [3.63, 3.8) is 0 Å². The van der Waals surface area contributed by atoms with Crippen LogP contribution in [0.15, 0.2) is 88.5 Å². The van der Waals surface area contributed by atoms with Crippen LogP contribution < -0.4 is 10.2 Å². The number of hydrogen-bond acceptors (Lipinski definition) is 5. The molecule has 0 aliphatic rings. The molecule has 126 valence electrons. The van der Waals surface area contributed by atoms with E-state index in [0.717, 1.165) is 0 Å². The van der Waals surface area contributed by atoms with E-state index in [2.05, 4.69) is 4.98 Å². The number of hydrogen-bond donors (Lipinski definition) is 0. The number of carbonyl (C=O) groups is 1. The summed E-state index contributed by atoms with van der Waals surface area (Å²) in [5, 5.41) is 0.320. The third kappa shape index (κ3) is 2.98. The quantitative estimate of drug-likeness (QED) is 0.519. The van der Waals surface area contributed by atoms with E-state index in [1.807, 2.05) is 30.3 Å². The normalized spacial score (nSPS) is 10.6. The number of fused-ring (bicyclic) bond motifs is 1. The zero-order valence-corrected chi connectivity index (χ0v) is 13.6. The highest BCUT2D eigenvalue weighted by Crippen LogP contribution is 2.24. The van der Waals surface area contributed by atoms with E-state index in [1.165, 1.54) is 12.5 Å². The molecule has 4 aromatic rings. The van der Waals surface area contributed by atoms with Gasteiger partial charge in [0.2, 0.25) is 11.2 Å². The van der Waals surface area contributed by atoms with E-state index in [4.69, 9.17) is 9.15 Å². The number of rotatable bonds is 4. The Morgan fingerprint density at radius 2 is 1.81 bits per heavy atom. The molecule has 0 aliphatic heterocycles. The van der Waals surface area contributed by atoms with Crippen molar-refractivity contribution in [1.82, 2.24) is 4.98 Å². The van der Waals surface area contributed by atoms with Crippen LogP contribution in [0.2, 0.25) is 0 Å². The van der Waals surface area contributed by atoms with Crippen LogP contribution in [0, 0.1) is 0 Å². The minimum atomic E-state index is -0.418. The van der Waals surface area contributed by atoms with E-state index >= 15 is 0 Å². The number of benzene rings is 2. The lowest BCUT2D eigenvalue weighted by Gasteiger charge is -2.07. The van der Waals surface area contributed by atoms with Gasteiger partial charge in [-0.3, -0.25) is 14.6 Å². The molecule has 0 amide bonds. The van der Waals surface area contributed by atoms with Crippen molar-refractivity contribution in [3.05, 3.63) is 101 Å². The van der Waals surface area contributed by atoms with Crippen molar-refractivity contribution in [3.8, 4) is 11.5 Å². The fraction of sp³-hybridized carbons (Fsp3) is 0. The van der Waals surface area contributed by atoms with Gasteiger partial charge in [0, 0.05) is 24.0 Å². The molecule has 2 heterocycles. The van der Waals surface area contributed by atoms with Crippen LogP contribution in [0.5, 0.6) is 11.5 Å². The Balaban J connectivity index is 1.72. The molecular formula is C21H13NO4. The van der Waals surface area contributed by atoms with E-state index in [9.17, 15) is 9.59 Å². The van der Waals surface area contributed by atoms with E-state index in [1.54, 1.807) is 36.5 Å². The summed E-state index contributed by atoms with van der Waals surface area (Å²) in [4.78, 5) is 29.1. The Morgan fingerprint density at radius 3 is 2.58 bits per heavy atom. The number of nitrogens with zero attached hydrogens (tertiary/aromatic N) is 1. The zero-order valence-electron chi connectivity index (χ0n) is 13.6. The van der Waals surface area contributed by atoms with Gasteiger partial charge in [-0.1, -0.05) is 18.2 Å². The first-order valence-electron chi connectivity index (χ1n) is 7.95. The van der Waals surface area contributed by atoms with Crippen molar-refractivity contribution in [2.75, 3.05) is 0 Å². The largest absolute Gasteiger partial charge is 0.463 e. The lowest BCUT2D eigenvalue weighted by molar-refractivity contribution is 0.103. The highest BCUT2D eigenvalue weighted by Gasteiger charge is 2.16. The Hall–Kier alpha value is -3.73. The molecule has 5 nitrogen and oxygen atoms in total. The molecule has 2 aromatic heterocycles. The van der Waals surface area contributed by atoms with Gasteiger partial charge in [-0.15, -0.1) is 0 Å². The lowest BCUT2D eigenvalue weighted by Crippen LogP contribution is -2.15. The fourth-order valence-corrected chi connectivity index (χ4v) is 2.61. The summed E-state index contributed by atoms with van der Waals surface area (Å²) < 4.78 is 11.3. The summed E-state index contributed by atoms with van der Waals surface area (Å²) >= 11 is 0. The second-order valence-electron chi connectivity index (χ2n) is 5.62. The van der Waals surface area contributed by atoms with Crippen molar-refractivity contribution in [2.24, 2.45) is 0 Å². The SMILES string of the molecule is O=C(c1cccnc1)c1coc2cc(Oc3ccccc3)ccc2c1=O. The molecule has 0 fully saturated rings. The summed E-state index contributed by atoms with van der Waals surface area (Å²) in [6.45, 7) is 0.